The molecule has 24 heavy (non-hydrogen) atoms. The topological polar surface area (TPSA) is 54.6 Å². The van der Waals surface area contributed by atoms with Crippen molar-refractivity contribution in [2.45, 2.75) is 0 Å². The molecule has 0 unspecified atom stereocenters. The highest BCUT2D eigenvalue weighted by Crippen LogP contribution is 2.34. The van der Waals surface area contributed by atoms with Crippen LogP contribution in [0.25, 0.3) is 11.3 Å². The lowest BCUT2D eigenvalue weighted by molar-refractivity contribution is -0.112. The third kappa shape index (κ3) is 2.21. The Morgan fingerprint density at radius 3 is 2.75 bits per heavy atom. The number of thiazole rings is 1. The van der Waals surface area contributed by atoms with Crippen molar-refractivity contribution in [3.8, 4) is 11.6 Å². The van der Waals surface area contributed by atoms with Gasteiger partial charge in [0.2, 0.25) is 5.88 Å². The monoisotopic (exact) mass is 356 g/mol. The molecule has 0 bridgehead atoms. The molecule has 1 amide bonds. The fourth-order valence-electron chi connectivity index (χ4n) is 2.65. The van der Waals surface area contributed by atoms with Gasteiger partial charge < -0.3 is 5.11 Å². The average Bonchev–Trinajstić information content (AvgIpc) is 3.02. The Kier molecular flexibility index (Phi) is 3.40. The van der Waals surface area contributed by atoms with Crippen molar-refractivity contribution in [2.24, 2.45) is 4.99 Å². The molecule has 118 valence electrons. The molecule has 4 nitrogen and oxygen atoms in total. The summed E-state index contributed by atoms with van der Waals surface area (Å²) in [4.78, 5) is 16.6. The van der Waals surface area contributed by atoms with E-state index in [-0.39, 0.29) is 5.88 Å². The van der Waals surface area contributed by atoms with Crippen molar-refractivity contribution in [1.82, 2.24) is 4.57 Å². The first-order valence-corrected chi connectivity index (χ1v) is 8.22. The molecular formula is C17H9FN2O2S2. The normalized spacial score (nSPS) is 13.0. The van der Waals surface area contributed by atoms with Gasteiger partial charge in [-0.05, 0) is 36.5 Å². The molecule has 1 N–H and O–H groups in total. The van der Waals surface area contributed by atoms with Crippen LogP contribution in [0.1, 0.15) is 4.88 Å². The molecule has 1 aliphatic heterocycles. The standard InChI is InChI=1S/C17H9FN2O2S2/c18-9-4-3-5-10(8-9)20-16(22)14(24-17(20)23)13-11-6-1-2-7-12(11)19-15(13)21/h1-8,22H. The molecule has 7 heteroatoms. The molecule has 2 aromatic carbocycles. The lowest BCUT2D eigenvalue weighted by Crippen LogP contribution is -2.22. The van der Waals surface area contributed by atoms with Crippen LogP contribution in [0.5, 0.6) is 5.88 Å². The number of carbonyl (C=O) groups is 1. The molecular weight excluding hydrogens is 347 g/mol. The summed E-state index contributed by atoms with van der Waals surface area (Å²) in [7, 11) is 0. The lowest BCUT2D eigenvalue weighted by atomic mass is 10.1. The van der Waals surface area contributed by atoms with Crippen LogP contribution >= 0.6 is 23.6 Å². The third-order valence-electron chi connectivity index (χ3n) is 3.69. The van der Waals surface area contributed by atoms with Gasteiger partial charge in [0.05, 0.1) is 16.6 Å². The second-order valence-electron chi connectivity index (χ2n) is 5.15. The van der Waals surface area contributed by atoms with Gasteiger partial charge in [0.15, 0.2) is 3.95 Å². The summed E-state index contributed by atoms with van der Waals surface area (Å²) in [5, 5.41) is 11.8. The Hall–Kier alpha value is -2.64. The lowest BCUT2D eigenvalue weighted by Gasteiger charge is -2.05. The highest BCUT2D eigenvalue weighted by molar-refractivity contribution is 7.73. The Labute approximate surface area is 144 Å². The molecule has 0 fully saturated rings. The molecule has 1 aliphatic rings. The molecule has 0 saturated carbocycles. The van der Waals surface area contributed by atoms with Crippen molar-refractivity contribution in [3.05, 3.63) is 73.8 Å². The zero-order valence-corrected chi connectivity index (χ0v) is 13.7. The molecule has 2 heterocycles. The minimum atomic E-state index is -0.438. The zero-order valence-electron chi connectivity index (χ0n) is 12.1. The second kappa shape index (κ2) is 5.47. The van der Waals surface area contributed by atoms with Crippen LogP contribution in [0, 0.1) is 9.77 Å². The SMILES string of the molecule is O=C1N=c2ccccc2=C1c1sc(=S)n(-c2cccc(F)c2)c1O. The Morgan fingerprint density at radius 1 is 1.17 bits per heavy atom. The fraction of sp³-hybridized carbons (Fsp3) is 0. The molecule has 0 radical (unpaired) electrons. The summed E-state index contributed by atoms with van der Waals surface area (Å²) < 4.78 is 15.1. The zero-order chi connectivity index (χ0) is 16.8. The fourth-order valence-corrected chi connectivity index (χ4v) is 4.04. The minimum Gasteiger partial charge on any atom is -0.493 e. The highest BCUT2D eigenvalue weighted by Gasteiger charge is 2.25. The second-order valence-corrected chi connectivity index (χ2v) is 6.79. The van der Waals surface area contributed by atoms with E-state index in [1.807, 2.05) is 0 Å². The van der Waals surface area contributed by atoms with E-state index in [4.69, 9.17) is 12.2 Å². The molecule has 4 rings (SSSR count). The van der Waals surface area contributed by atoms with E-state index in [1.165, 1.54) is 22.8 Å². The van der Waals surface area contributed by atoms with E-state index in [0.717, 1.165) is 11.3 Å². The number of para-hydroxylation sites is 1. The van der Waals surface area contributed by atoms with Crippen LogP contribution in [0.4, 0.5) is 4.39 Å². The minimum absolute atomic E-state index is 0.189. The first kappa shape index (κ1) is 14.9. The van der Waals surface area contributed by atoms with Gasteiger partial charge in [-0.25, -0.2) is 9.38 Å². The van der Waals surface area contributed by atoms with Crippen molar-refractivity contribution < 1.29 is 14.3 Å². The van der Waals surface area contributed by atoms with E-state index < -0.39 is 11.7 Å². The van der Waals surface area contributed by atoms with Gasteiger partial charge in [-0.1, -0.05) is 24.3 Å². The first-order valence-electron chi connectivity index (χ1n) is 7.00. The predicted molar refractivity (Wildman–Crippen MR) is 90.8 cm³/mol. The number of aromatic hydroxyl groups is 1. The third-order valence-corrected chi connectivity index (χ3v) is 5.07. The summed E-state index contributed by atoms with van der Waals surface area (Å²) in [6.45, 7) is 0. The summed E-state index contributed by atoms with van der Waals surface area (Å²) in [6, 6.07) is 12.8. The van der Waals surface area contributed by atoms with Crippen molar-refractivity contribution >= 4 is 35.0 Å². The van der Waals surface area contributed by atoms with Crippen LogP contribution < -0.4 is 10.6 Å². The molecule has 0 aliphatic carbocycles. The molecule has 0 atom stereocenters. The number of hydrogen-bond acceptors (Lipinski definition) is 4. The summed E-state index contributed by atoms with van der Waals surface area (Å²) in [5.41, 5.74) is 0.714. The number of carbonyl (C=O) groups excluding carboxylic acids is 1. The molecule has 0 spiro atoms. The van der Waals surface area contributed by atoms with E-state index >= 15 is 0 Å². The highest BCUT2D eigenvalue weighted by atomic mass is 32.1. The van der Waals surface area contributed by atoms with Crippen molar-refractivity contribution in [2.75, 3.05) is 0 Å². The van der Waals surface area contributed by atoms with E-state index in [2.05, 4.69) is 4.99 Å². The summed E-state index contributed by atoms with van der Waals surface area (Å²) in [6.07, 6.45) is 0. The average molecular weight is 356 g/mol. The van der Waals surface area contributed by atoms with Gasteiger partial charge in [-0.2, -0.15) is 0 Å². The van der Waals surface area contributed by atoms with E-state index in [1.54, 1.807) is 30.3 Å². The number of halogens is 1. The quantitative estimate of drug-likeness (QED) is 0.718. The smallest absolute Gasteiger partial charge is 0.279 e. The number of fused-ring (bicyclic) bond motifs is 1. The van der Waals surface area contributed by atoms with Crippen LogP contribution in [-0.2, 0) is 4.79 Å². The number of hydrogen-bond donors (Lipinski definition) is 1. The molecule has 0 saturated heterocycles. The van der Waals surface area contributed by atoms with Gasteiger partial charge in [0.1, 0.15) is 10.7 Å². The largest absolute Gasteiger partial charge is 0.493 e. The Balaban J connectivity index is 2.01. The maximum Gasteiger partial charge on any atom is 0.279 e. The van der Waals surface area contributed by atoms with Gasteiger partial charge in [-0.3, -0.25) is 9.36 Å². The number of benzene rings is 2. The van der Waals surface area contributed by atoms with Gasteiger partial charge >= 0.3 is 0 Å². The van der Waals surface area contributed by atoms with Crippen molar-refractivity contribution in [3.63, 3.8) is 0 Å². The first-order chi connectivity index (χ1) is 11.6. The van der Waals surface area contributed by atoms with E-state index in [9.17, 15) is 14.3 Å². The predicted octanol–water partition coefficient (Wildman–Crippen LogP) is 2.47. The maximum absolute atomic E-state index is 13.5. The Morgan fingerprint density at radius 2 is 1.96 bits per heavy atom. The number of nitrogens with zero attached hydrogens (tertiary/aromatic N) is 2. The van der Waals surface area contributed by atoms with Crippen LogP contribution in [-0.4, -0.2) is 15.6 Å². The Bertz CT molecular complexity index is 1180. The number of rotatable bonds is 2. The van der Waals surface area contributed by atoms with Crippen LogP contribution in [0.2, 0.25) is 0 Å². The molecule has 1 aromatic heterocycles. The summed E-state index contributed by atoms with van der Waals surface area (Å²) in [5.74, 6) is -1.05. The van der Waals surface area contributed by atoms with Crippen LogP contribution in [0.3, 0.4) is 0 Å². The number of aromatic nitrogens is 1. The van der Waals surface area contributed by atoms with E-state index in [0.29, 0.717) is 30.7 Å². The van der Waals surface area contributed by atoms with Gasteiger partial charge in [0.25, 0.3) is 5.91 Å². The van der Waals surface area contributed by atoms with Gasteiger partial charge in [-0.15, -0.1) is 11.3 Å². The van der Waals surface area contributed by atoms with Crippen LogP contribution in [0.15, 0.2) is 53.5 Å². The van der Waals surface area contributed by atoms with Crippen molar-refractivity contribution in [1.29, 1.82) is 0 Å². The van der Waals surface area contributed by atoms with Gasteiger partial charge in [0, 0.05) is 5.22 Å². The maximum atomic E-state index is 13.5. The number of amides is 1. The summed E-state index contributed by atoms with van der Waals surface area (Å²) >= 11 is 6.40. The molecule has 3 aromatic rings.